The number of hydrogen-bond donors (Lipinski definition) is 1. The van der Waals surface area contributed by atoms with E-state index < -0.39 is 9.84 Å². The minimum absolute atomic E-state index is 0.276. The Morgan fingerprint density at radius 1 is 1.00 bits per heavy atom. The normalized spacial score (nSPS) is 12.2. The summed E-state index contributed by atoms with van der Waals surface area (Å²) in [5.41, 5.74) is 4.16. The molecule has 32 heavy (non-hydrogen) atoms. The molecule has 0 radical (unpaired) electrons. The van der Waals surface area contributed by atoms with Crippen molar-refractivity contribution >= 4 is 27.1 Å². The van der Waals surface area contributed by atoms with Gasteiger partial charge in [-0.2, -0.15) is 0 Å². The van der Waals surface area contributed by atoms with Crippen molar-refractivity contribution in [1.29, 1.82) is 0 Å². The van der Waals surface area contributed by atoms with Gasteiger partial charge < -0.3 is 5.21 Å². The highest BCUT2D eigenvalue weighted by Gasteiger charge is 2.16. The molecule has 0 spiro atoms. The van der Waals surface area contributed by atoms with Crippen LogP contribution in [0.25, 0.3) is 28.2 Å². The molecule has 1 heterocycles. The molecule has 6 nitrogen and oxygen atoms in total. The van der Waals surface area contributed by atoms with E-state index in [0.717, 1.165) is 22.4 Å². The summed E-state index contributed by atoms with van der Waals surface area (Å²) in [5, 5.41) is 13.0. The summed E-state index contributed by atoms with van der Waals surface area (Å²) in [6.07, 6.45) is 2.98. The van der Waals surface area contributed by atoms with Crippen molar-refractivity contribution in [2.75, 3.05) is 6.26 Å². The summed E-state index contributed by atoms with van der Waals surface area (Å²) in [6, 6.07) is 21.9. The maximum Gasteiger partial charge on any atom is 0.175 e. The van der Waals surface area contributed by atoms with Crippen LogP contribution in [-0.2, 0) is 9.84 Å². The van der Waals surface area contributed by atoms with Gasteiger partial charge in [-0.3, -0.25) is 4.57 Å². The highest BCUT2D eigenvalue weighted by atomic mass is 35.5. The van der Waals surface area contributed by atoms with Crippen molar-refractivity contribution in [3.63, 3.8) is 0 Å². The van der Waals surface area contributed by atoms with Gasteiger partial charge in [0.1, 0.15) is 17.2 Å². The second-order valence-corrected chi connectivity index (χ2v) is 9.75. The van der Waals surface area contributed by atoms with E-state index in [1.54, 1.807) is 37.4 Å². The second-order valence-electron chi connectivity index (χ2n) is 7.33. The second kappa shape index (κ2) is 8.61. The third kappa shape index (κ3) is 4.30. The molecule has 4 rings (SSSR count). The smallest absolute Gasteiger partial charge is 0.175 e. The number of nitrogens with zero attached hydrogens (tertiary/aromatic N) is 3. The molecule has 162 valence electrons. The topological polar surface area (TPSA) is 84.5 Å². The van der Waals surface area contributed by atoms with Gasteiger partial charge in [0.2, 0.25) is 0 Å². The summed E-state index contributed by atoms with van der Waals surface area (Å²) in [5.74, 6) is 0.612. The lowest BCUT2D eigenvalue weighted by atomic mass is 10.1. The quantitative estimate of drug-likeness (QED) is 0.241. The van der Waals surface area contributed by atoms with Gasteiger partial charge in [-0.05, 0) is 54.4 Å². The maximum atomic E-state index is 11.9. The van der Waals surface area contributed by atoms with E-state index >= 15 is 0 Å². The van der Waals surface area contributed by atoms with Gasteiger partial charge in [-0.25, -0.2) is 13.4 Å². The van der Waals surface area contributed by atoms with Crippen LogP contribution in [0.2, 0.25) is 5.02 Å². The van der Waals surface area contributed by atoms with E-state index in [-0.39, 0.29) is 4.90 Å². The van der Waals surface area contributed by atoms with Gasteiger partial charge in [-0.15, -0.1) is 0 Å². The minimum Gasteiger partial charge on any atom is -0.411 e. The third-order valence-electron chi connectivity index (χ3n) is 5.08. The number of sulfone groups is 1. The molecular formula is C24H20ClN3O3S. The predicted molar refractivity (Wildman–Crippen MR) is 127 cm³/mol. The van der Waals surface area contributed by atoms with Crippen LogP contribution in [0.1, 0.15) is 12.6 Å². The Labute approximate surface area is 191 Å². The molecule has 0 saturated carbocycles. The molecular weight excluding hydrogens is 446 g/mol. The van der Waals surface area contributed by atoms with Crippen molar-refractivity contribution in [3.8, 4) is 28.2 Å². The van der Waals surface area contributed by atoms with Crippen LogP contribution >= 0.6 is 11.6 Å². The van der Waals surface area contributed by atoms with Crippen LogP contribution in [0.3, 0.4) is 0 Å². The predicted octanol–water partition coefficient (Wildman–Crippen LogP) is 5.46. The average molecular weight is 466 g/mol. The average Bonchev–Trinajstić information content (AvgIpc) is 3.24. The van der Waals surface area contributed by atoms with E-state index in [1.165, 1.54) is 6.26 Å². The molecule has 0 atom stereocenters. The Balaban J connectivity index is 1.80. The van der Waals surface area contributed by atoms with Crippen molar-refractivity contribution in [1.82, 2.24) is 9.55 Å². The van der Waals surface area contributed by atoms with Gasteiger partial charge in [0, 0.05) is 23.7 Å². The first-order valence-corrected chi connectivity index (χ1v) is 12.0. The van der Waals surface area contributed by atoms with E-state index in [4.69, 9.17) is 11.6 Å². The monoisotopic (exact) mass is 465 g/mol. The number of hydrogen-bond acceptors (Lipinski definition) is 5. The fourth-order valence-electron chi connectivity index (χ4n) is 3.36. The van der Waals surface area contributed by atoms with Crippen molar-refractivity contribution in [2.45, 2.75) is 11.8 Å². The van der Waals surface area contributed by atoms with Crippen LogP contribution in [0.4, 0.5) is 0 Å². The first-order chi connectivity index (χ1) is 15.3. The zero-order valence-electron chi connectivity index (χ0n) is 17.4. The molecule has 0 aliphatic heterocycles. The fraction of sp³-hybridized carbons (Fsp3) is 0.0833. The van der Waals surface area contributed by atoms with Gasteiger partial charge >= 0.3 is 0 Å². The maximum absolute atomic E-state index is 11.9. The number of oxime groups is 1. The molecule has 0 aliphatic carbocycles. The molecule has 0 amide bonds. The molecule has 1 N–H and O–H groups in total. The van der Waals surface area contributed by atoms with Crippen LogP contribution in [0.5, 0.6) is 0 Å². The molecule has 1 aromatic heterocycles. The molecule has 0 unspecified atom stereocenters. The number of rotatable bonds is 5. The van der Waals surface area contributed by atoms with Crippen molar-refractivity contribution in [3.05, 3.63) is 89.7 Å². The summed E-state index contributed by atoms with van der Waals surface area (Å²) >= 11 is 6.42. The zero-order valence-corrected chi connectivity index (χ0v) is 19.0. The summed E-state index contributed by atoms with van der Waals surface area (Å²) in [4.78, 5) is 4.90. The summed E-state index contributed by atoms with van der Waals surface area (Å²) in [6.45, 7) is 1.67. The number of imidazole rings is 1. The third-order valence-corrected chi connectivity index (χ3v) is 6.52. The lowest BCUT2D eigenvalue weighted by molar-refractivity contribution is 0.319. The lowest BCUT2D eigenvalue weighted by Gasteiger charge is -2.10. The number of halogens is 1. The highest BCUT2D eigenvalue weighted by molar-refractivity contribution is 7.90. The van der Waals surface area contributed by atoms with Gasteiger partial charge in [0.25, 0.3) is 0 Å². The largest absolute Gasteiger partial charge is 0.411 e. The van der Waals surface area contributed by atoms with E-state index in [9.17, 15) is 13.6 Å². The number of aromatic nitrogens is 2. The summed E-state index contributed by atoms with van der Waals surface area (Å²) < 4.78 is 25.7. The zero-order chi connectivity index (χ0) is 22.9. The van der Waals surface area contributed by atoms with Gasteiger partial charge in [-0.1, -0.05) is 53.2 Å². The Bertz CT molecular complexity index is 1430. The minimum atomic E-state index is -3.29. The molecule has 0 fully saturated rings. The molecule has 0 saturated heterocycles. The Kier molecular flexibility index (Phi) is 5.86. The highest BCUT2D eigenvalue weighted by Crippen LogP contribution is 2.30. The van der Waals surface area contributed by atoms with E-state index in [0.29, 0.717) is 22.3 Å². The fourth-order valence-corrected chi connectivity index (χ4v) is 4.24. The van der Waals surface area contributed by atoms with E-state index in [2.05, 4.69) is 10.1 Å². The van der Waals surface area contributed by atoms with Crippen molar-refractivity contribution in [2.24, 2.45) is 5.16 Å². The van der Waals surface area contributed by atoms with Crippen molar-refractivity contribution < 1.29 is 13.6 Å². The summed E-state index contributed by atoms with van der Waals surface area (Å²) in [7, 11) is -3.29. The standard InChI is InChI=1S/C24H20ClN3O3S/c1-16(27-29)23-15-28(24(26-23)21-8-3-4-9-22(21)25)19-12-10-17(11-13-19)18-6-5-7-20(14-18)32(2,30)31/h3-15,29H,1-2H3/b27-16-. The van der Waals surface area contributed by atoms with Gasteiger partial charge in [0.05, 0.1) is 9.92 Å². The first kappa shape index (κ1) is 21.8. The molecule has 3 aromatic carbocycles. The Morgan fingerprint density at radius 2 is 1.72 bits per heavy atom. The molecule has 0 aliphatic rings. The SMILES string of the molecule is C/C(=N/O)c1cn(-c2ccc(-c3cccc(S(C)(=O)=O)c3)cc2)c(-c2ccccc2Cl)n1. The van der Waals surface area contributed by atoms with E-state index in [1.807, 2.05) is 53.1 Å². The molecule has 4 aromatic rings. The van der Waals surface area contributed by atoms with Crippen LogP contribution in [0, 0.1) is 0 Å². The molecule has 0 bridgehead atoms. The first-order valence-electron chi connectivity index (χ1n) is 9.72. The Hall–Kier alpha value is -3.42. The molecule has 8 heteroatoms. The van der Waals surface area contributed by atoms with Crippen LogP contribution in [-0.4, -0.2) is 35.1 Å². The van der Waals surface area contributed by atoms with Crippen LogP contribution < -0.4 is 0 Å². The lowest BCUT2D eigenvalue weighted by Crippen LogP contribution is -1.98. The Morgan fingerprint density at radius 3 is 2.38 bits per heavy atom. The van der Waals surface area contributed by atoms with Crippen LogP contribution in [0.15, 0.2) is 89.0 Å². The van der Waals surface area contributed by atoms with Gasteiger partial charge in [0.15, 0.2) is 9.84 Å². The number of benzene rings is 3.